The number of esters is 1. The van der Waals surface area contributed by atoms with E-state index in [9.17, 15) is 4.79 Å². The van der Waals surface area contributed by atoms with Crippen molar-refractivity contribution >= 4 is 21.9 Å². The van der Waals surface area contributed by atoms with Crippen molar-refractivity contribution in [1.29, 1.82) is 0 Å². The third kappa shape index (κ3) is 5.51. The van der Waals surface area contributed by atoms with Crippen LogP contribution < -0.4 is 10.1 Å². The topological polar surface area (TPSA) is 47.6 Å². The Bertz CT molecular complexity index is 449. The molecule has 0 aliphatic rings. The van der Waals surface area contributed by atoms with Crippen LogP contribution in [0.25, 0.3) is 0 Å². The maximum absolute atomic E-state index is 11.5. The second kappa shape index (κ2) is 8.27. The van der Waals surface area contributed by atoms with Crippen LogP contribution in [0.1, 0.15) is 39.3 Å². The molecule has 112 valence electrons. The lowest BCUT2D eigenvalue weighted by Crippen LogP contribution is -2.21. The van der Waals surface area contributed by atoms with Gasteiger partial charge in [0.05, 0.1) is 6.10 Å². The number of hydrogen-bond donors (Lipinski definition) is 1. The Morgan fingerprint density at radius 3 is 2.65 bits per heavy atom. The van der Waals surface area contributed by atoms with Crippen molar-refractivity contribution in [2.24, 2.45) is 0 Å². The van der Waals surface area contributed by atoms with E-state index in [1.54, 1.807) is 0 Å². The summed E-state index contributed by atoms with van der Waals surface area (Å²) in [6.45, 7) is 8.53. The SMILES string of the molecule is CCNC(C)c1ccc(Br)cc1OCC(=O)OC(C)C. The van der Waals surface area contributed by atoms with Gasteiger partial charge in [-0.15, -0.1) is 0 Å². The molecule has 0 amide bonds. The minimum Gasteiger partial charge on any atom is -0.482 e. The molecule has 0 aromatic heterocycles. The molecule has 20 heavy (non-hydrogen) atoms. The zero-order valence-corrected chi connectivity index (χ0v) is 14.0. The van der Waals surface area contributed by atoms with Crippen molar-refractivity contribution in [2.75, 3.05) is 13.2 Å². The fraction of sp³-hybridized carbons (Fsp3) is 0.533. The summed E-state index contributed by atoms with van der Waals surface area (Å²) < 4.78 is 11.6. The highest BCUT2D eigenvalue weighted by Gasteiger charge is 2.13. The highest BCUT2D eigenvalue weighted by atomic mass is 79.9. The molecule has 0 saturated heterocycles. The molecular formula is C15H22BrNO3. The van der Waals surface area contributed by atoms with E-state index in [1.165, 1.54) is 0 Å². The highest BCUT2D eigenvalue weighted by Crippen LogP contribution is 2.28. The van der Waals surface area contributed by atoms with E-state index < -0.39 is 0 Å². The molecule has 0 saturated carbocycles. The van der Waals surface area contributed by atoms with Gasteiger partial charge in [0.25, 0.3) is 0 Å². The smallest absolute Gasteiger partial charge is 0.344 e. The summed E-state index contributed by atoms with van der Waals surface area (Å²) in [6.07, 6.45) is -0.131. The van der Waals surface area contributed by atoms with Gasteiger partial charge in [-0.1, -0.05) is 28.9 Å². The summed E-state index contributed by atoms with van der Waals surface area (Å²) in [5.41, 5.74) is 1.02. The van der Waals surface area contributed by atoms with Crippen LogP contribution in [0.5, 0.6) is 5.75 Å². The number of rotatable bonds is 7. The van der Waals surface area contributed by atoms with Gasteiger partial charge in [-0.05, 0) is 39.4 Å². The summed E-state index contributed by atoms with van der Waals surface area (Å²) in [4.78, 5) is 11.5. The van der Waals surface area contributed by atoms with Crippen LogP contribution in [0.15, 0.2) is 22.7 Å². The Morgan fingerprint density at radius 1 is 1.35 bits per heavy atom. The predicted octanol–water partition coefficient (Wildman–Crippen LogP) is 3.45. The van der Waals surface area contributed by atoms with E-state index in [0.29, 0.717) is 5.75 Å². The average Bonchev–Trinajstić information content (AvgIpc) is 2.36. The number of ether oxygens (including phenoxy) is 2. The lowest BCUT2D eigenvalue weighted by Gasteiger charge is -2.18. The van der Waals surface area contributed by atoms with Crippen molar-refractivity contribution in [3.63, 3.8) is 0 Å². The maximum Gasteiger partial charge on any atom is 0.344 e. The standard InChI is InChI=1S/C15H22BrNO3/c1-5-17-11(4)13-7-6-12(16)8-14(13)19-9-15(18)20-10(2)3/h6-8,10-11,17H,5,9H2,1-4H3. The first kappa shape index (κ1) is 17.0. The van der Waals surface area contributed by atoms with Crippen molar-refractivity contribution in [3.8, 4) is 5.75 Å². The van der Waals surface area contributed by atoms with Gasteiger partial charge in [0.15, 0.2) is 6.61 Å². The Morgan fingerprint density at radius 2 is 2.05 bits per heavy atom. The van der Waals surface area contributed by atoms with Crippen LogP contribution in [0.2, 0.25) is 0 Å². The van der Waals surface area contributed by atoms with Gasteiger partial charge in [-0.25, -0.2) is 4.79 Å². The molecule has 1 unspecified atom stereocenters. The van der Waals surface area contributed by atoms with Crippen molar-refractivity contribution < 1.29 is 14.3 Å². The highest BCUT2D eigenvalue weighted by molar-refractivity contribution is 9.10. The number of nitrogens with one attached hydrogen (secondary N) is 1. The first-order chi connectivity index (χ1) is 9.43. The zero-order chi connectivity index (χ0) is 15.1. The molecule has 1 N–H and O–H groups in total. The summed E-state index contributed by atoms with van der Waals surface area (Å²) in [5.74, 6) is 0.329. The summed E-state index contributed by atoms with van der Waals surface area (Å²) >= 11 is 3.42. The van der Waals surface area contributed by atoms with Crippen molar-refractivity contribution in [2.45, 2.75) is 39.8 Å². The van der Waals surface area contributed by atoms with E-state index in [4.69, 9.17) is 9.47 Å². The molecule has 5 heteroatoms. The van der Waals surface area contributed by atoms with Gasteiger partial charge in [0.2, 0.25) is 0 Å². The molecule has 0 aliphatic heterocycles. The Labute approximate surface area is 129 Å². The third-order valence-electron chi connectivity index (χ3n) is 2.67. The molecule has 0 heterocycles. The molecule has 1 aromatic carbocycles. The van der Waals surface area contributed by atoms with Crippen molar-refractivity contribution in [3.05, 3.63) is 28.2 Å². The largest absolute Gasteiger partial charge is 0.482 e. The van der Waals surface area contributed by atoms with E-state index in [2.05, 4.69) is 35.1 Å². The first-order valence-corrected chi connectivity index (χ1v) is 7.58. The van der Waals surface area contributed by atoms with Gasteiger partial charge in [0, 0.05) is 16.1 Å². The molecular weight excluding hydrogens is 322 g/mol. The molecule has 1 atom stereocenters. The minimum absolute atomic E-state index is 0.0829. The lowest BCUT2D eigenvalue weighted by molar-refractivity contribution is -0.149. The molecule has 0 aliphatic carbocycles. The third-order valence-corrected chi connectivity index (χ3v) is 3.16. The maximum atomic E-state index is 11.5. The lowest BCUT2D eigenvalue weighted by atomic mass is 10.1. The summed E-state index contributed by atoms with van der Waals surface area (Å²) in [6, 6.07) is 5.97. The van der Waals surface area contributed by atoms with Crippen LogP contribution in [-0.2, 0) is 9.53 Å². The van der Waals surface area contributed by atoms with Gasteiger partial charge in [-0.2, -0.15) is 0 Å². The second-order valence-electron chi connectivity index (χ2n) is 4.79. The van der Waals surface area contributed by atoms with Crippen molar-refractivity contribution in [1.82, 2.24) is 5.32 Å². The number of halogens is 1. The van der Waals surface area contributed by atoms with E-state index in [-0.39, 0.29) is 24.7 Å². The van der Waals surface area contributed by atoms with Gasteiger partial charge >= 0.3 is 5.97 Å². The molecule has 0 bridgehead atoms. The number of hydrogen-bond acceptors (Lipinski definition) is 4. The monoisotopic (exact) mass is 343 g/mol. The van der Waals surface area contributed by atoms with Crippen LogP contribution in [-0.4, -0.2) is 25.2 Å². The fourth-order valence-electron chi connectivity index (χ4n) is 1.84. The number of carbonyl (C=O) groups is 1. The molecule has 0 fully saturated rings. The van der Waals surface area contributed by atoms with E-state index in [0.717, 1.165) is 16.6 Å². The predicted molar refractivity (Wildman–Crippen MR) is 83.0 cm³/mol. The molecule has 0 spiro atoms. The van der Waals surface area contributed by atoms with E-state index >= 15 is 0 Å². The van der Waals surface area contributed by atoms with Crippen LogP contribution in [0.3, 0.4) is 0 Å². The zero-order valence-electron chi connectivity index (χ0n) is 12.4. The summed E-state index contributed by atoms with van der Waals surface area (Å²) in [5, 5.41) is 3.33. The van der Waals surface area contributed by atoms with Gasteiger partial charge < -0.3 is 14.8 Å². The molecule has 0 radical (unpaired) electrons. The van der Waals surface area contributed by atoms with Crippen LogP contribution >= 0.6 is 15.9 Å². The average molecular weight is 344 g/mol. The molecule has 1 aromatic rings. The fourth-order valence-corrected chi connectivity index (χ4v) is 2.18. The van der Waals surface area contributed by atoms with E-state index in [1.807, 2.05) is 32.0 Å². The normalized spacial score (nSPS) is 12.3. The number of benzene rings is 1. The van der Waals surface area contributed by atoms with Gasteiger partial charge in [0.1, 0.15) is 5.75 Å². The van der Waals surface area contributed by atoms with Crippen LogP contribution in [0.4, 0.5) is 0 Å². The Hall–Kier alpha value is -1.07. The number of carbonyl (C=O) groups excluding carboxylic acids is 1. The van der Waals surface area contributed by atoms with Gasteiger partial charge in [-0.3, -0.25) is 0 Å². The first-order valence-electron chi connectivity index (χ1n) is 6.79. The second-order valence-corrected chi connectivity index (χ2v) is 5.70. The quantitative estimate of drug-likeness (QED) is 0.770. The Balaban J connectivity index is 2.77. The summed E-state index contributed by atoms with van der Waals surface area (Å²) in [7, 11) is 0. The minimum atomic E-state index is -0.359. The Kier molecular flexibility index (Phi) is 7.02. The van der Waals surface area contributed by atoms with Crippen LogP contribution in [0, 0.1) is 0 Å². The molecule has 4 nitrogen and oxygen atoms in total. The molecule has 1 rings (SSSR count).